The molecule has 3 aromatic rings. The van der Waals surface area contributed by atoms with Crippen molar-refractivity contribution in [3.63, 3.8) is 0 Å². The molecule has 1 saturated heterocycles. The summed E-state index contributed by atoms with van der Waals surface area (Å²) >= 11 is 0. The summed E-state index contributed by atoms with van der Waals surface area (Å²) in [7, 11) is 0. The van der Waals surface area contributed by atoms with E-state index >= 15 is 0 Å². The summed E-state index contributed by atoms with van der Waals surface area (Å²) in [6, 6.07) is 16.2. The first kappa shape index (κ1) is 23.8. The van der Waals surface area contributed by atoms with Gasteiger partial charge in [-0.2, -0.15) is 0 Å². The van der Waals surface area contributed by atoms with Crippen LogP contribution in [0.4, 0.5) is 21.9 Å². The van der Waals surface area contributed by atoms with Crippen LogP contribution in [0.1, 0.15) is 11.1 Å². The van der Waals surface area contributed by atoms with Gasteiger partial charge >= 0.3 is 6.03 Å². The van der Waals surface area contributed by atoms with Gasteiger partial charge in [-0.1, -0.05) is 36.4 Å². The minimum atomic E-state index is -1.04. The molecule has 0 spiro atoms. The molecular weight excluding hydrogens is 472 g/mol. The van der Waals surface area contributed by atoms with E-state index < -0.39 is 33.3 Å². The van der Waals surface area contributed by atoms with Crippen LogP contribution in [0.25, 0.3) is 6.08 Å². The normalized spacial score (nSPS) is 14.5. The van der Waals surface area contributed by atoms with Crippen molar-refractivity contribution < 1.29 is 29.0 Å². The SMILES string of the molecule is O=C1NC(=O)N(c2cccc([N+](=O)[O-])c2)C(=O)/C1=C/c1ccccc1OCc1cccc([N+](=O)[O-])c1. The van der Waals surface area contributed by atoms with E-state index in [1.807, 2.05) is 0 Å². The molecule has 0 atom stereocenters. The average Bonchev–Trinajstić information content (AvgIpc) is 2.86. The number of carbonyl (C=O) groups is 3. The maximum atomic E-state index is 13.1. The maximum Gasteiger partial charge on any atom is 0.335 e. The van der Waals surface area contributed by atoms with Crippen molar-refractivity contribution in [2.75, 3.05) is 4.90 Å². The standard InChI is InChI=1S/C24H16N4O8/c29-22-20(23(30)26(24(31)25-22)17-7-4-9-19(13-17)28(34)35)12-16-6-1-2-10-21(16)36-14-15-5-3-8-18(11-15)27(32)33/h1-13H,14H2,(H,25,29,31)/b20-12+. The number of urea groups is 1. The Labute approximate surface area is 202 Å². The van der Waals surface area contributed by atoms with Crippen LogP contribution in [0, 0.1) is 20.2 Å². The third-order valence-electron chi connectivity index (χ3n) is 5.14. The van der Waals surface area contributed by atoms with E-state index in [0.29, 0.717) is 16.0 Å². The van der Waals surface area contributed by atoms with Crippen LogP contribution in [0.15, 0.2) is 78.4 Å². The molecule has 0 radical (unpaired) electrons. The minimum absolute atomic E-state index is 0.0275. The zero-order valence-corrected chi connectivity index (χ0v) is 18.3. The first-order chi connectivity index (χ1) is 17.2. The number of benzene rings is 3. The number of hydrogen-bond acceptors (Lipinski definition) is 8. The molecular formula is C24H16N4O8. The summed E-state index contributed by atoms with van der Waals surface area (Å²) < 4.78 is 5.78. The Morgan fingerprint density at radius 1 is 0.861 bits per heavy atom. The van der Waals surface area contributed by atoms with Gasteiger partial charge < -0.3 is 4.74 Å². The van der Waals surface area contributed by atoms with Crippen molar-refractivity contribution >= 4 is 41.0 Å². The van der Waals surface area contributed by atoms with Crippen LogP contribution in [0.2, 0.25) is 0 Å². The molecule has 180 valence electrons. The molecule has 12 heteroatoms. The number of carbonyl (C=O) groups excluding carboxylic acids is 3. The molecule has 1 fully saturated rings. The highest BCUT2D eigenvalue weighted by molar-refractivity contribution is 6.39. The smallest absolute Gasteiger partial charge is 0.335 e. The molecule has 0 bridgehead atoms. The van der Waals surface area contributed by atoms with E-state index in [1.54, 1.807) is 30.3 Å². The van der Waals surface area contributed by atoms with E-state index in [4.69, 9.17) is 4.74 Å². The lowest BCUT2D eigenvalue weighted by Crippen LogP contribution is -2.54. The number of hydrogen-bond donors (Lipinski definition) is 1. The summed E-state index contributed by atoms with van der Waals surface area (Å²) in [6.07, 6.45) is 1.23. The fourth-order valence-electron chi connectivity index (χ4n) is 3.45. The Kier molecular flexibility index (Phi) is 6.50. The van der Waals surface area contributed by atoms with Crippen molar-refractivity contribution in [3.8, 4) is 5.75 Å². The molecule has 0 saturated carbocycles. The maximum absolute atomic E-state index is 13.1. The summed E-state index contributed by atoms with van der Waals surface area (Å²) in [6.45, 7) is -0.0275. The third kappa shape index (κ3) is 4.92. The van der Waals surface area contributed by atoms with Gasteiger partial charge in [0.15, 0.2) is 0 Å². The average molecular weight is 488 g/mol. The van der Waals surface area contributed by atoms with Crippen molar-refractivity contribution in [3.05, 3.63) is 110 Å². The number of rotatable bonds is 7. The number of ether oxygens (including phenoxy) is 1. The third-order valence-corrected chi connectivity index (χ3v) is 5.14. The first-order valence-corrected chi connectivity index (χ1v) is 10.4. The molecule has 0 aliphatic carbocycles. The van der Waals surface area contributed by atoms with Crippen LogP contribution in [0.5, 0.6) is 5.75 Å². The number of barbiturate groups is 1. The molecule has 0 unspecified atom stereocenters. The van der Waals surface area contributed by atoms with Crippen molar-refractivity contribution in [1.82, 2.24) is 5.32 Å². The Hall–Kier alpha value is -5.39. The number of nitrogens with one attached hydrogen (secondary N) is 1. The molecule has 12 nitrogen and oxygen atoms in total. The van der Waals surface area contributed by atoms with Gasteiger partial charge in [0.25, 0.3) is 23.2 Å². The molecule has 1 N–H and O–H groups in total. The van der Waals surface area contributed by atoms with Crippen LogP contribution in [0.3, 0.4) is 0 Å². The Morgan fingerprint density at radius 2 is 1.53 bits per heavy atom. The molecule has 36 heavy (non-hydrogen) atoms. The Morgan fingerprint density at radius 3 is 2.25 bits per heavy atom. The van der Waals surface area contributed by atoms with Gasteiger partial charge in [0.1, 0.15) is 17.9 Å². The van der Waals surface area contributed by atoms with Gasteiger partial charge in [0.2, 0.25) is 0 Å². The molecule has 4 rings (SSSR count). The van der Waals surface area contributed by atoms with Crippen LogP contribution in [-0.2, 0) is 16.2 Å². The summed E-state index contributed by atoms with van der Waals surface area (Å²) in [5.41, 5.74) is -0.0551. The number of amides is 4. The zero-order chi connectivity index (χ0) is 25.8. The number of nitrogens with zero attached hydrogens (tertiary/aromatic N) is 3. The molecule has 1 heterocycles. The van der Waals surface area contributed by atoms with Crippen molar-refractivity contribution in [2.45, 2.75) is 6.61 Å². The van der Waals surface area contributed by atoms with Crippen LogP contribution >= 0.6 is 0 Å². The number of para-hydroxylation sites is 1. The first-order valence-electron chi connectivity index (χ1n) is 10.4. The molecule has 1 aliphatic heterocycles. The highest BCUT2D eigenvalue weighted by atomic mass is 16.6. The van der Waals surface area contributed by atoms with Crippen LogP contribution in [-0.4, -0.2) is 27.7 Å². The second kappa shape index (κ2) is 9.85. The van der Waals surface area contributed by atoms with Crippen molar-refractivity contribution in [1.29, 1.82) is 0 Å². The van der Waals surface area contributed by atoms with Gasteiger partial charge in [0.05, 0.1) is 15.5 Å². The number of nitro groups is 2. The zero-order valence-electron chi connectivity index (χ0n) is 18.3. The van der Waals surface area contributed by atoms with E-state index in [2.05, 4.69) is 5.32 Å². The van der Waals surface area contributed by atoms with Crippen molar-refractivity contribution in [2.24, 2.45) is 0 Å². The number of anilines is 1. The number of nitro benzene ring substituents is 2. The Bertz CT molecular complexity index is 1450. The van der Waals surface area contributed by atoms with E-state index in [-0.39, 0.29) is 29.4 Å². The minimum Gasteiger partial charge on any atom is -0.488 e. The topological polar surface area (TPSA) is 162 Å². The number of non-ortho nitro benzene ring substituents is 2. The Balaban J connectivity index is 1.63. The van der Waals surface area contributed by atoms with E-state index in [1.165, 1.54) is 42.5 Å². The van der Waals surface area contributed by atoms with Gasteiger partial charge in [-0.3, -0.25) is 35.1 Å². The summed E-state index contributed by atoms with van der Waals surface area (Å²) in [5, 5.41) is 24.1. The highest BCUT2D eigenvalue weighted by Gasteiger charge is 2.37. The second-order valence-electron chi connectivity index (χ2n) is 7.49. The second-order valence-corrected chi connectivity index (χ2v) is 7.49. The quantitative estimate of drug-likeness (QED) is 0.227. The number of imide groups is 2. The lowest BCUT2D eigenvalue weighted by atomic mass is 10.1. The van der Waals surface area contributed by atoms with Crippen LogP contribution < -0.4 is 15.0 Å². The van der Waals surface area contributed by atoms with E-state index in [9.17, 15) is 34.6 Å². The van der Waals surface area contributed by atoms with Gasteiger partial charge in [0, 0.05) is 29.8 Å². The van der Waals surface area contributed by atoms with Gasteiger partial charge in [-0.15, -0.1) is 0 Å². The molecule has 0 aromatic heterocycles. The summed E-state index contributed by atoms with van der Waals surface area (Å²) in [5.74, 6) is -1.64. The van der Waals surface area contributed by atoms with Gasteiger partial charge in [-0.05, 0) is 23.8 Å². The summed E-state index contributed by atoms with van der Waals surface area (Å²) in [4.78, 5) is 59.6. The molecule has 4 amide bonds. The monoisotopic (exact) mass is 488 g/mol. The predicted octanol–water partition coefficient (Wildman–Crippen LogP) is 3.75. The molecule has 1 aliphatic rings. The fourth-order valence-corrected chi connectivity index (χ4v) is 3.45. The fraction of sp³-hybridized carbons (Fsp3) is 0.0417. The predicted molar refractivity (Wildman–Crippen MR) is 126 cm³/mol. The van der Waals surface area contributed by atoms with E-state index in [0.717, 1.165) is 6.07 Å². The lowest BCUT2D eigenvalue weighted by molar-refractivity contribution is -0.385. The van der Waals surface area contributed by atoms with Gasteiger partial charge in [-0.25, -0.2) is 9.69 Å². The largest absolute Gasteiger partial charge is 0.488 e. The highest BCUT2D eigenvalue weighted by Crippen LogP contribution is 2.28. The molecule has 3 aromatic carbocycles. The lowest BCUT2D eigenvalue weighted by Gasteiger charge is -2.26.